The van der Waals surface area contributed by atoms with E-state index in [1.54, 1.807) is 12.7 Å². The molecule has 0 aliphatic carbocycles. The highest BCUT2D eigenvalue weighted by Crippen LogP contribution is 2.08. The molecule has 0 fully saturated rings. The standard InChI is InChI=1S/C11H13N3/c1-10-4-2-3-5-11(10)6-7-14-9-12-8-13-14/h2-5,8-9H,6-7H2,1H3. The molecule has 72 valence electrons. The lowest BCUT2D eigenvalue weighted by Crippen LogP contribution is -2.02. The van der Waals surface area contributed by atoms with Gasteiger partial charge >= 0.3 is 0 Å². The zero-order chi connectivity index (χ0) is 9.80. The van der Waals surface area contributed by atoms with Gasteiger partial charge in [0.05, 0.1) is 0 Å². The summed E-state index contributed by atoms with van der Waals surface area (Å²) in [5, 5.41) is 4.07. The molecule has 3 nitrogen and oxygen atoms in total. The fourth-order valence-corrected chi connectivity index (χ4v) is 1.47. The van der Waals surface area contributed by atoms with Crippen LogP contribution in [0.3, 0.4) is 0 Å². The molecule has 0 radical (unpaired) electrons. The van der Waals surface area contributed by atoms with Crippen LogP contribution in [0.1, 0.15) is 11.1 Å². The molecule has 1 aromatic carbocycles. The Balaban J connectivity index is 2.02. The van der Waals surface area contributed by atoms with E-state index in [1.165, 1.54) is 11.1 Å². The van der Waals surface area contributed by atoms with Crippen molar-refractivity contribution in [3.05, 3.63) is 48.0 Å². The number of rotatable bonds is 3. The lowest BCUT2D eigenvalue weighted by molar-refractivity contribution is 0.612. The van der Waals surface area contributed by atoms with Crippen LogP contribution < -0.4 is 0 Å². The highest BCUT2D eigenvalue weighted by Gasteiger charge is 1.97. The van der Waals surface area contributed by atoms with Gasteiger partial charge in [-0.05, 0) is 24.5 Å². The summed E-state index contributed by atoms with van der Waals surface area (Å²) in [6.07, 6.45) is 4.33. The SMILES string of the molecule is Cc1ccccc1CCn1cncn1. The number of hydrogen-bond acceptors (Lipinski definition) is 2. The van der Waals surface area contributed by atoms with Crippen molar-refractivity contribution in [3.8, 4) is 0 Å². The molecule has 0 N–H and O–H groups in total. The van der Waals surface area contributed by atoms with Gasteiger partial charge in [0.15, 0.2) is 0 Å². The van der Waals surface area contributed by atoms with Crippen LogP contribution in [0.5, 0.6) is 0 Å². The maximum absolute atomic E-state index is 4.07. The topological polar surface area (TPSA) is 30.7 Å². The molecule has 0 spiro atoms. The maximum Gasteiger partial charge on any atom is 0.137 e. The summed E-state index contributed by atoms with van der Waals surface area (Å²) < 4.78 is 1.85. The summed E-state index contributed by atoms with van der Waals surface area (Å²) in [6.45, 7) is 3.03. The molecule has 0 saturated heterocycles. The minimum atomic E-state index is 0.894. The summed E-state index contributed by atoms with van der Waals surface area (Å²) >= 11 is 0. The van der Waals surface area contributed by atoms with Crippen molar-refractivity contribution < 1.29 is 0 Å². The second-order valence-corrected chi connectivity index (χ2v) is 3.34. The molecule has 0 aliphatic heterocycles. The Hall–Kier alpha value is -1.64. The lowest BCUT2D eigenvalue weighted by atomic mass is 10.1. The van der Waals surface area contributed by atoms with Crippen LogP contribution in [0, 0.1) is 6.92 Å². The third kappa shape index (κ3) is 1.99. The summed E-state index contributed by atoms with van der Waals surface area (Å²) in [6, 6.07) is 8.43. The van der Waals surface area contributed by atoms with E-state index in [0.29, 0.717) is 0 Å². The third-order valence-electron chi connectivity index (χ3n) is 2.34. The van der Waals surface area contributed by atoms with Crippen molar-refractivity contribution in [2.75, 3.05) is 0 Å². The Labute approximate surface area is 83.4 Å². The first-order valence-electron chi connectivity index (χ1n) is 4.73. The Bertz CT molecular complexity index is 393. The summed E-state index contributed by atoms with van der Waals surface area (Å²) in [7, 11) is 0. The normalized spacial score (nSPS) is 10.4. The van der Waals surface area contributed by atoms with Gasteiger partial charge in [-0.1, -0.05) is 24.3 Å². The van der Waals surface area contributed by atoms with Gasteiger partial charge in [-0.25, -0.2) is 4.98 Å². The van der Waals surface area contributed by atoms with E-state index >= 15 is 0 Å². The first kappa shape index (κ1) is 8.94. The van der Waals surface area contributed by atoms with Crippen molar-refractivity contribution in [3.63, 3.8) is 0 Å². The van der Waals surface area contributed by atoms with Gasteiger partial charge in [0.1, 0.15) is 12.7 Å². The Morgan fingerprint density at radius 2 is 2.14 bits per heavy atom. The summed E-state index contributed by atoms with van der Waals surface area (Å²) in [5.74, 6) is 0. The van der Waals surface area contributed by atoms with Gasteiger partial charge in [0.2, 0.25) is 0 Å². The number of benzene rings is 1. The largest absolute Gasteiger partial charge is 0.253 e. The zero-order valence-corrected chi connectivity index (χ0v) is 8.22. The number of nitrogens with zero attached hydrogens (tertiary/aromatic N) is 3. The molecule has 0 saturated carbocycles. The van der Waals surface area contributed by atoms with Gasteiger partial charge in [-0.2, -0.15) is 5.10 Å². The maximum atomic E-state index is 4.07. The van der Waals surface area contributed by atoms with E-state index in [4.69, 9.17) is 0 Å². The van der Waals surface area contributed by atoms with Crippen LogP contribution in [0.4, 0.5) is 0 Å². The minimum absolute atomic E-state index is 0.894. The van der Waals surface area contributed by atoms with Gasteiger partial charge in [0, 0.05) is 6.54 Å². The lowest BCUT2D eigenvalue weighted by Gasteiger charge is -2.04. The average molecular weight is 187 g/mol. The number of aromatic nitrogens is 3. The van der Waals surface area contributed by atoms with E-state index in [2.05, 4.69) is 41.3 Å². The molecule has 1 heterocycles. The van der Waals surface area contributed by atoms with Gasteiger partial charge in [0.25, 0.3) is 0 Å². The zero-order valence-electron chi connectivity index (χ0n) is 8.22. The molecule has 1 aromatic heterocycles. The van der Waals surface area contributed by atoms with Crippen LogP contribution in [0.15, 0.2) is 36.9 Å². The van der Waals surface area contributed by atoms with Crippen molar-refractivity contribution in [1.82, 2.24) is 14.8 Å². The predicted octanol–water partition coefficient (Wildman–Crippen LogP) is 1.83. The quantitative estimate of drug-likeness (QED) is 0.734. The Morgan fingerprint density at radius 1 is 1.29 bits per heavy atom. The van der Waals surface area contributed by atoms with Gasteiger partial charge in [-0.3, -0.25) is 4.68 Å². The Kier molecular flexibility index (Phi) is 2.58. The fourth-order valence-electron chi connectivity index (χ4n) is 1.47. The number of aryl methyl sites for hydroxylation is 3. The predicted molar refractivity (Wildman–Crippen MR) is 54.9 cm³/mol. The van der Waals surface area contributed by atoms with E-state index in [9.17, 15) is 0 Å². The van der Waals surface area contributed by atoms with Crippen LogP contribution in [-0.2, 0) is 13.0 Å². The van der Waals surface area contributed by atoms with Crippen LogP contribution in [0.25, 0.3) is 0 Å². The van der Waals surface area contributed by atoms with Crippen LogP contribution in [0.2, 0.25) is 0 Å². The van der Waals surface area contributed by atoms with Crippen LogP contribution in [-0.4, -0.2) is 14.8 Å². The molecule has 0 unspecified atom stereocenters. The van der Waals surface area contributed by atoms with Gasteiger partial charge < -0.3 is 0 Å². The van der Waals surface area contributed by atoms with Crippen molar-refractivity contribution in [2.24, 2.45) is 0 Å². The van der Waals surface area contributed by atoms with Gasteiger partial charge in [-0.15, -0.1) is 0 Å². The van der Waals surface area contributed by atoms with E-state index in [-0.39, 0.29) is 0 Å². The molecule has 2 rings (SSSR count). The third-order valence-corrected chi connectivity index (χ3v) is 2.34. The second kappa shape index (κ2) is 4.05. The fraction of sp³-hybridized carbons (Fsp3) is 0.273. The summed E-state index contributed by atoms with van der Waals surface area (Å²) in [4.78, 5) is 3.91. The van der Waals surface area contributed by atoms with Crippen LogP contribution >= 0.6 is 0 Å². The smallest absolute Gasteiger partial charge is 0.137 e. The highest BCUT2D eigenvalue weighted by molar-refractivity contribution is 5.25. The molecular weight excluding hydrogens is 174 g/mol. The highest BCUT2D eigenvalue weighted by atomic mass is 15.3. The molecule has 14 heavy (non-hydrogen) atoms. The molecule has 3 heteroatoms. The average Bonchev–Trinajstić information content (AvgIpc) is 2.69. The molecule has 0 amide bonds. The number of hydrogen-bond donors (Lipinski definition) is 0. The van der Waals surface area contributed by atoms with E-state index in [0.717, 1.165) is 13.0 Å². The molecule has 0 bridgehead atoms. The van der Waals surface area contributed by atoms with Crippen molar-refractivity contribution in [1.29, 1.82) is 0 Å². The Morgan fingerprint density at radius 3 is 2.86 bits per heavy atom. The van der Waals surface area contributed by atoms with E-state index in [1.807, 2.05) is 4.68 Å². The second-order valence-electron chi connectivity index (χ2n) is 3.34. The summed E-state index contributed by atoms with van der Waals surface area (Å²) in [5.41, 5.74) is 2.72. The first-order valence-corrected chi connectivity index (χ1v) is 4.73. The van der Waals surface area contributed by atoms with Crippen molar-refractivity contribution >= 4 is 0 Å². The van der Waals surface area contributed by atoms with E-state index < -0.39 is 0 Å². The molecule has 0 aliphatic rings. The van der Waals surface area contributed by atoms with Crippen molar-refractivity contribution in [2.45, 2.75) is 19.9 Å². The molecule has 2 aromatic rings. The molecular formula is C11H13N3. The minimum Gasteiger partial charge on any atom is -0.253 e. The monoisotopic (exact) mass is 187 g/mol. The molecule has 0 atom stereocenters. The first-order chi connectivity index (χ1) is 6.86.